The minimum atomic E-state index is -1.06. The number of hydrogen-bond donors (Lipinski definition) is 1. The molecule has 0 spiro atoms. The summed E-state index contributed by atoms with van der Waals surface area (Å²) in [6.45, 7) is 1.53. The van der Waals surface area contributed by atoms with E-state index in [1.807, 2.05) is 0 Å². The molecule has 7 heteroatoms. The normalized spacial score (nSPS) is 10.9. The summed E-state index contributed by atoms with van der Waals surface area (Å²) in [5.41, 5.74) is 1.77. The zero-order valence-corrected chi connectivity index (χ0v) is 18.8. The third kappa shape index (κ3) is 5.15. The molecule has 0 radical (unpaired) electrons. The molecular weight excluding hydrogens is 460 g/mol. The Labute approximate surface area is 200 Å². The Hall–Kier alpha value is -3.84. The lowest BCUT2D eigenvalue weighted by atomic mass is 10.0. The molecule has 0 saturated carbocycles. The van der Waals surface area contributed by atoms with Crippen LogP contribution in [0.2, 0.25) is 0 Å². The zero-order chi connectivity index (χ0) is 24.9. The molecule has 0 unspecified atom stereocenters. The molecule has 0 atom stereocenters. The van der Waals surface area contributed by atoms with Crippen LogP contribution in [0.15, 0.2) is 72.8 Å². The van der Waals surface area contributed by atoms with Crippen molar-refractivity contribution in [1.82, 2.24) is 0 Å². The summed E-state index contributed by atoms with van der Waals surface area (Å²) < 4.78 is 68.6. The quantitative estimate of drug-likeness (QED) is 0.274. The molecule has 1 N–H and O–H groups in total. The molecule has 0 bridgehead atoms. The van der Waals surface area contributed by atoms with Crippen LogP contribution < -0.4 is 9.47 Å². The highest BCUT2D eigenvalue weighted by atomic mass is 19.2. The molecule has 0 amide bonds. The van der Waals surface area contributed by atoms with Crippen LogP contribution in [0.5, 0.6) is 11.5 Å². The van der Waals surface area contributed by atoms with Crippen LogP contribution in [0.25, 0.3) is 22.3 Å². The third-order valence-electron chi connectivity index (χ3n) is 5.52. The van der Waals surface area contributed by atoms with E-state index in [1.54, 1.807) is 43.3 Å². The monoisotopic (exact) mass is 482 g/mol. The largest absolute Gasteiger partial charge is 0.491 e. The predicted octanol–water partition coefficient (Wildman–Crippen LogP) is 7.05. The minimum Gasteiger partial charge on any atom is -0.491 e. The summed E-state index contributed by atoms with van der Waals surface area (Å²) in [5, 5.41) is 9.13. The van der Waals surface area contributed by atoms with E-state index < -0.39 is 23.3 Å². The molecule has 4 rings (SSSR count). The fourth-order valence-electron chi connectivity index (χ4n) is 3.63. The second-order valence-electron chi connectivity index (χ2n) is 7.74. The van der Waals surface area contributed by atoms with Gasteiger partial charge in [-0.05, 0) is 47.9 Å². The number of benzene rings is 4. The average molecular weight is 482 g/mol. The van der Waals surface area contributed by atoms with Crippen molar-refractivity contribution in [3.8, 4) is 33.8 Å². The van der Waals surface area contributed by atoms with Crippen LogP contribution in [-0.4, -0.2) is 11.7 Å². The molecule has 180 valence electrons. The molecule has 0 aromatic heterocycles. The van der Waals surface area contributed by atoms with E-state index in [9.17, 15) is 17.6 Å². The van der Waals surface area contributed by atoms with E-state index in [2.05, 4.69) is 0 Å². The van der Waals surface area contributed by atoms with Gasteiger partial charge < -0.3 is 14.6 Å². The van der Waals surface area contributed by atoms with Crippen molar-refractivity contribution >= 4 is 0 Å². The predicted molar refractivity (Wildman–Crippen MR) is 125 cm³/mol. The van der Waals surface area contributed by atoms with E-state index >= 15 is 0 Å². The van der Waals surface area contributed by atoms with Gasteiger partial charge in [0, 0.05) is 16.7 Å². The van der Waals surface area contributed by atoms with E-state index in [4.69, 9.17) is 14.6 Å². The van der Waals surface area contributed by atoms with Crippen LogP contribution in [0.1, 0.15) is 18.1 Å². The maximum absolute atomic E-state index is 14.7. The number of hydrogen-bond acceptors (Lipinski definition) is 3. The summed E-state index contributed by atoms with van der Waals surface area (Å²) in [6, 6.07) is 18.4. The average Bonchev–Trinajstić information content (AvgIpc) is 2.88. The van der Waals surface area contributed by atoms with Crippen LogP contribution in [0.4, 0.5) is 17.6 Å². The van der Waals surface area contributed by atoms with Gasteiger partial charge in [0.15, 0.2) is 23.2 Å². The molecule has 0 saturated heterocycles. The van der Waals surface area contributed by atoms with E-state index in [0.717, 1.165) is 0 Å². The standard InChI is InChI=1S/C28H22F4O3/c1-2-34-24-14-13-23(27(31)28(24)32)19-7-10-21(11-8-19)35-16-20-9-12-22(26(30)25(20)29)18-5-3-17(15-33)4-6-18/h3-14,33H,2,15-16H2,1H3. The van der Waals surface area contributed by atoms with E-state index in [1.165, 1.54) is 36.4 Å². The van der Waals surface area contributed by atoms with Gasteiger partial charge >= 0.3 is 0 Å². The molecule has 0 fully saturated rings. The molecule has 0 aliphatic heterocycles. The van der Waals surface area contributed by atoms with Crippen molar-refractivity contribution in [1.29, 1.82) is 0 Å². The number of halogens is 4. The number of aliphatic hydroxyl groups is 1. The number of rotatable bonds is 8. The highest BCUT2D eigenvalue weighted by molar-refractivity contribution is 5.66. The zero-order valence-electron chi connectivity index (χ0n) is 18.8. The lowest BCUT2D eigenvalue weighted by Crippen LogP contribution is -2.02. The molecule has 4 aromatic rings. The van der Waals surface area contributed by atoms with Crippen LogP contribution in [0, 0.1) is 23.3 Å². The van der Waals surface area contributed by atoms with Gasteiger partial charge in [-0.1, -0.05) is 48.5 Å². The highest BCUT2D eigenvalue weighted by Crippen LogP contribution is 2.31. The Morgan fingerprint density at radius 2 is 1.20 bits per heavy atom. The van der Waals surface area contributed by atoms with Crippen molar-refractivity contribution in [3.63, 3.8) is 0 Å². The maximum Gasteiger partial charge on any atom is 0.201 e. The van der Waals surface area contributed by atoms with Crippen LogP contribution in [0.3, 0.4) is 0 Å². The van der Waals surface area contributed by atoms with Gasteiger partial charge in [0.2, 0.25) is 5.82 Å². The Bertz CT molecular complexity index is 1320. The molecule has 3 nitrogen and oxygen atoms in total. The van der Waals surface area contributed by atoms with Gasteiger partial charge in [-0.2, -0.15) is 4.39 Å². The first-order valence-corrected chi connectivity index (χ1v) is 10.9. The van der Waals surface area contributed by atoms with E-state index in [0.29, 0.717) is 22.4 Å². The summed E-state index contributed by atoms with van der Waals surface area (Å²) in [6.07, 6.45) is 0. The Morgan fingerprint density at radius 3 is 1.80 bits per heavy atom. The SMILES string of the molecule is CCOc1ccc(-c2ccc(OCc3ccc(-c4ccc(CO)cc4)c(F)c3F)cc2)c(F)c1F. The van der Waals surface area contributed by atoms with Crippen molar-refractivity contribution in [2.24, 2.45) is 0 Å². The summed E-state index contributed by atoms with van der Waals surface area (Å²) in [7, 11) is 0. The molecule has 35 heavy (non-hydrogen) atoms. The summed E-state index contributed by atoms with van der Waals surface area (Å²) in [4.78, 5) is 0. The van der Waals surface area contributed by atoms with Gasteiger partial charge in [-0.25, -0.2) is 13.2 Å². The summed E-state index contributed by atoms with van der Waals surface area (Å²) in [5.74, 6) is -3.90. The molecule has 0 aliphatic rings. The lowest BCUT2D eigenvalue weighted by Gasteiger charge is -2.12. The Kier molecular flexibility index (Phi) is 7.36. The van der Waals surface area contributed by atoms with Gasteiger partial charge in [0.05, 0.1) is 13.2 Å². The van der Waals surface area contributed by atoms with Crippen LogP contribution >= 0.6 is 0 Å². The number of ether oxygens (including phenoxy) is 2. The van der Waals surface area contributed by atoms with Crippen molar-refractivity contribution in [2.75, 3.05) is 6.61 Å². The Morgan fingerprint density at radius 1 is 0.629 bits per heavy atom. The van der Waals surface area contributed by atoms with Crippen molar-refractivity contribution < 1.29 is 32.1 Å². The van der Waals surface area contributed by atoms with Gasteiger partial charge in [-0.15, -0.1) is 0 Å². The highest BCUT2D eigenvalue weighted by Gasteiger charge is 2.17. The Balaban J connectivity index is 1.47. The first-order chi connectivity index (χ1) is 16.9. The second-order valence-corrected chi connectivity index (χ2v) is 7.74. The molecule has 0 aliphatic carbocycles. The van der Waals surface area contributed by atoms with Crippen molar-refractivity contribution in [3.05, 3.63) is 107 Å². The molecular formula is C28H22F4O3. The maximum atomic E-state index is 14.7. The topological polar surface area (TPSA) is 38.7 Å². The van der Waals surface area contributed by atoms with Crippen LogP contribution in [-0.2, 0) is 13.2 Å². The summed E-state index contributed by atoms with van der Waals surface area (Å²) >= 11 is 0. The molecule has 0 heterocycles. The van der Waals surface area contributed by atoms with E-state index in [-0.39, 0.29) is 42.3 Å². The van der Waals surface area contributed by atoms with Gasteiger partial charge in [0.25, 0.3) is 0 Å². The minimum absolute atomic E-state index is 0.0296. The fourth-order valence-corrected chi connectivity index (χ4v) is 3.63. The first-order valence-electron chi connectivity index (χ1n) is 10.9. The lowest BCUT2D eigenvalue weighted by molar-refractivity contribution is 0.282. The number of aliphatic hydroxyl groups excluding tert-OH is 1. The fraction of sp³-hybridized carbons (Fsp3) is 0.143. The first kappa shape index (κ1) is 24.3. The smallest absolute Gasteiger partial charge is 0.201 e. The van der Waals surface area contributed by atoms with Gasteiger partial charge in [0.1, 0.15) is 12.4 Å². The molecule has 4 aromatic carbocycles. The van der Waals surface area contributed by atoms with Crippen molar-refractivity contribution in [2.45, 2.75) is 20.1 Å². The third-order valence-corrected chi connectivity index (χ3v) is 5.52. The second kappa shape index (κ2) is 10.6. The van der Waals surface area contributed by atoms with Gasteiger partial charge in [-0.3, -0.25) is 0 Å².